The molecular weight excluding hydrogens is 236 g/mol. The quantitative estimate of drug-likeness (QED) is 0.900. The van der Waals surface area contributed by atoms with Gasteiger partial charge in [-0.15, -0.1) is 0 Å². The Morgan fingerprint density at radius 3 is 2.58 bits per heavy atom. The molecule has 0 aromatic heterocycles. The van der Waals surface area contributed by atoms with E-state index in [1.807, 2.05) is 0 Å². The van der Waals surface area contributed by atoms with Gasteiger partial charge in [-0.2, -0.15) is 0 Å². The summed E-state index contributed by atoms with van der Waals surface area (Å²) < 4.78 is 0. The second-order valence-electron chi connectivity index (χ2n) is 5.76. The second kappa shape index (κ2) is 4.97. The van der Waals surface area contributed by atoms with Crippen LogP contribution in [-0.4, -0.2) is 23.4 Å². The highest BCUT2D eigenvalue weighted by Gasteiger charge is 2.41. The molecule has 1 amide bonds. The largest absolute Gasteiger partial charge is 0.319 e. The summed E-state index contributed by atoms with van der Waals surface area (Å²) in [5, 5.41) is 3.35. The Bertz CT molecular complexity index is 464. The van der Waals surface area contributed by atoms with Gasteiger partial charge in [-0.3, -0.25) is 10.1 Å². The average molecular weight is 258 g/mol. The zero-order valence-electron chi connectivity index (χ0n) is 11.7. The average Bonchev–Trinajstić information content (AvgIpc) is 3.21. The fraction of sp³-hybridized carbons (Fsp3) is 0.562. The Morgan fingerprint density at radius 2 is 2.00 bits per heavy atom. The number of carbonyl (C=O) groups excluding carboxylic acids is 1. The molecule has 0 spiro atoms. The van der Waals surface area contributed by atoms with Crippen LogP contribution in [0.25, 0.3) is 0 Å². The summed E-state index contributed by atoms with van der Waals surface area (Å²) in [5.41, 5.74) is 2.55. The fourth-order valence-corrected chi connectivity index (χ4v) is 3.00. The third kappa shape index (κ3) is 2.39. The lowest BCUT2D eigenvalue weighted by Gasteiger charge is -2.31. The van der Waals surface area contributed by atoms with E-state index in [0.717, 1.165) is 6.42 Å². The molecule has 2 atom stereocenters. The number of benzene rings is 1. The molecule has 1 saturated carbocycles. The zero-order valence-corrected chi connectivity index (χ0v) is 11.7. The number of nitrogens with one attached hydrogen (secondary N) is 1. The topological polar surface area (TPSA) is 32.3 Å². The van der Waals surface area contributed by atoms with Crippen molar-refractivity contribution in [3.8, 4) is 0 Å². The van der Waals surface area contributed by atoms with Crippen molar-refractivity contribution in [1.29, 1.82) is 0 Å². The van der Waals surface area contributed by atoms with Crippen molar-refractivity contribution in [2.45, 2.75) is 45.3 Å². The molecule has 19 heavy (non-hydrogen) atoms. The fourth-order valence-electron chi connectivity index (χ4n) is 3.00. The standard InChI is InChI=1S/C16H22N2O/c1-3-12-4-6-14(7-5-12)16-17-10-15(19)18(16)11(2)13-8-9-13/h4-7,11,13,16-17H,3,8-10H2,1-2H3. The summed E-state index contributed by atoms with van der Waals surface area (Å²) in [7, 11) is 0. The molecule has 2 aliphatic rings. The van der Waals surface area contributed by atoms with Gasteiger partial charge in [-0.25, -0.2) is 0 Å². The molecule has 102 valence electrons. The van der Waals surface area contributed by atoms with E-state index in [0.29, 0.717) is 18.5 Å². The molecule has 1 aromatic carbocycles. The number of aryl methyl sites for hydroxylation is 1. The smallest absolute Gasteiger partial charge is 0.238 e. The predicted octanol–water partition coefficient (Wildman–Crippen LogP) is 2.48. The highest BCUT2D eigenvalue weighted by atomic mass is 16.2. The van der Waals surface area contributed by atoms with Crippen LogP contribution in [0, 0.1) is 5.92 Å². The monoisotopic (exact) mass is 258 g/mol. The Labute approximate surface area is 115 Å². The van der Waals surface area contributed by atoms with Crippen molar-refractivity contribution in [1.82, 2.24) is 10.2 Å². The molecular formula is C16H22N2O. The minimum absolute atomic E-state index is 0.0639. The molecule has 0 bridgehead atoms. The van der Waals surface area contributed by atoms with E-state index in [1.54, 1.807) is 0 Å². The molecule has 2 fully saturated rings. The number of rotatable bonds is 4. The molecule has 1 aliphatic carbocycles. The first-order chi connectivity index (χ1) is 9.20. The van der Waals surface area contributed by atoms with E-state index < -0.39 is 0 Å². The van der Waals surface area contributed by atoms with Crippen LogP contribution in [-0.2, 0) is 11.2 Å². The first kappa shape index (κ1) is 12.7. The van der Waals surface area contributed by atoms with Gasteiger partial charge in [0.25, 0.3) is 0 Å². The minimum Gasteiger partial charge on any atom is -0.319 e. The number of hydrogen-bond donors (Lipinski definition) is 1. The molecule has 3 rings (SSSR count). The number of hydrogen-bond acceptors (Lipinski definition) is 2. The van der Waals surface area contributed by atoms with Crippen molar-refractivity contribution < 1.29 is 4.79 Å². The maximum Gasteiger partial charge on any atom is 0.238 e. The Balaban J connectivity index is 1.82. The van der Waals surface area contributed by atoms with Crippen LogP contribution in [0.1, 0.15) is 44.0 Å². The molecule has 1 heterocycles. The van der Waals surface area contributed by atoms with Crippen molar-refractivity contribution >= 4 is 5.91 Å². The van der Waals surface area contributed by atoms with E-state index in [9.17, 15) is 4.79 Å². The molecule has 1 aromatic rings. The highest BCUT2D eigenvalue weighted by Crippen LogP contribution is 2.38. The predicted molar refractivity (Wildman–Crippen MR) is 75.6 cm³/mol. The summed E-state index contributed by atoms with van der Waals surface area (Å²) in [6.45, 7) is 4.82. The maximum atomic E-state index is 12.1. The molecule has 2 unspecified atom stereocenters. The molecule has 3 nitrogen and oxygen atoms in total. The van der Waals surface area contributed by atoms with Crippen molar-refractivity contribution in [3.05, 3.63) is 35.4 Å². The molecule has 1 aliphatic heterocycles. The summed E-state index contributed by atoms with van der Waals surface area (Å²) >= 11 is 0. The van der Waals surface area contributed by atoms with E-state index in [1.165, 1.54) is 24.0 Å². The van der Waals surface area contributed by atoms with Gasteiger partial charge in [0.2, 0.25) is 5.91 Å². The van der Waals surface area contributed by atoms with Gasteiger partial charge < -0.3 is 4.90 Å². The summed E-state index contributed by atoms with van der Waals surface area (Å²) in [6.07, 6.45) is 3.66. The lowest BCUT2D eigenvalue weighted by molar-refractivity contribution is -0.130. The van der Waals surface area contributed by atoms with Gasteiger partial charge in [0, 0.05) is 6.04 Å². The Hall–Kier alpha value is -1.35. The van der Waals surface area contributed by atoms with Gasteiger partial charge in [0.05, 0.1) is 6.54 Å². The molecule has 1 N–H and O–H groups in total. The molecule has 1 saturated heterocycles. The van der Waals surface area contributed by atoms with Crippen LogP contribution in [0.15, 0.2) is 24.3 Å². The Morgan fingerprint density at radius 1 is 1.32 bits per heavy atom. The summed E-state index contributed by atoms with van der Waals surface area (Å²) in [5.74, 6) is 0.949. The van der Waals surface area contributed by atoms with E-state index in [4.69, 9.17) is 0 Å². The first-order valence-electron chi connectivity index (χ1n) is 7.34. The maximum absolute atomic E-state index is 12.1. The summed E-state index contributed by atoms with van der Waals surface area (Å²) in [4.78, 5) is 14.2. The van der Waals surface area contributed by atoms with Crippen molar-refractivity contribution in [3.63, 3.8) is 0 Å². The third-order valence-corrected chi connectivity index (χ3v) is 4.46. The van der Waals surface area contributed by atoms with Crippen molar-refractivity contribution in [2.75, 3.05) is 6.54 Å². The van der Waals surface area contributed by atoms with Crippen LogP contribution in [0.3, 0.4) is 0 Å². The van der Waals surface area contributed by atoms with Gasteiger partial charge in [0.1, 0.15) is 6.17 Å². The van der Waals surface area contributed by atoms with E-state index in [-0.39, 0.29) is 12.1 Å². The van der Waals surface area contributed by atoms with Gasteiger partial charge in [0.15, 0.2) is 0 Å². The third-order valence-electron chi connectivity index (χ3n) is 4.46. The Kier molecular flexibility index (Phi) is 3.31. The van der Waals surface area contributed by atoms with E-state index >= 15 is 0 Å². The van der Waals surface area contributed by atoms with Crippen LogP contribution in [0.5, 0.6) is 0 Å². The number of nitrogens with zero attached hydrogens (tertiary/aromatic N) is 1. The normalized spacial score (nSPS) is 24.8. The summed E-state index contributed by atoms with van der Waals surface area (Å²) in [6, 6.07) is 9.00. The second-order valence-corrected chi connectivity index (χ2v) is 5.76. The lowest BCUT2D eigenvalue weighted by atomic mass is 10.1. The van der Waals surface area contributed by atoms with Crippen LogP contribution in [0.2, 0.25) is 0 Å². The number of carbonyl (C=O) groups is 1. The van der Waals surface area contributed by atoms with Crippen LogP contribution >= 0.6 is 0 Å². The first-order valence-corrected chi connectivity index (χ1v) is 7.34. The lowest BCUT2D eigenvalue weighted by Crippen LogP contribution is -2.39. The highest BCUT2D eigenvalue weighted by molar-refractivity contribution is 5.81. The van der Waals surface area contributed by atoms with Crippen molar-refractivity contribution in [2.24, 2.45) is 5.92 Å². The van der Waals surface area contributed by atoms with Crippen LogP contribution in [0.4, 0.5) is 0 Å². The number of amides is 1. The van der Waals surface area contributed by atoms with Gasteiger partial charge >= 0.3 is 0 Å². The SMILES string of the molecule is CCc1ccc(C2NCC(=O)N2C(C)C2CC2)cc1. The van der Waals surface area contributed by atoms with Gasteiger partial charge in [-0.05, 0) is 43.2 Å². The molecule has 3 heteroatoms. The van der Waals surface area contributed by atoms with E-state index in [2.05, 4.69) is 48.3 Å². The minimum atomic E-state index is 0.0639. The van der Waals surface area contributed by atoms with Gasteiger partial charge in [-0.1, -0.05) is 31.2 Å². The molecule has 0 radical (unpaired) electrons. The van der Waals surface area contributed by atoms with Crippen LogP contribution < -0.4 is 5.32 Å². The zero-order chi connectivity index (χ0) is 13.4.